The first-order valence-corrected chi connectivity index (χ1v) is 2.32. The van der Waals surface area contributed by atoms with E-state index in [9.17, 15) is 0 Å². The molecular formula is C3H8P+. The summed E-state index contributed by atoms with van der Waals surface area (Å²) in [6, 6.07) is 0. The third kappa shape index (κ3) is 2.17. The van der Waals surface area contributed by atoms with Gasteiger partial charge in [0.2, 0.25) is 0 Å². The fourth-order valence-corrected chi connectivity index (χ4v) is 0. The average molecular weight is 75.1 g/mol. The van der Waals surface area contributed by atoms with E-state index in [0.717, 1.165) is 6.16 Å². The third-order valence-electron chi connectivity index (χ3n) is 0.204. The molecule has 1 heteroatoms. The fraction of sp³-hybridized carbons (Fsp3) is 0.333. The Labute approximate surface area is 29.1 Å². The summed E-state index contributed by atoms with van der Waals surface area (Å²) in [6.45, 7) is 3.49. The Bertz CT molecular complexity index is 17.2. The number of rotatable bonds is 1. The van der Waals surface area contributed by atoms with Crippen LogP contribution in [0, 0.1) is 0 Å². The minimum atomic E-state index is 1.11. The van der Waals surface area contributed by atoms with Crippen LogP contribution in [0.25, 0.3) is 0 Å². The highest BCUT2D eigenvalue weighted by Gasteiger charge is 1.52. The van der Waals surface area contributed by atoms with Crippen LogP contribution in [0.2, 0.25) is 0 Å². The molecular weight excluding hydrogens is 67.0 g/mol. The molecule has 0 rings (SSSR count). The monoisotopic (exact) mass is 75.0 g/mol. The maximum absolute atomic E-state index is 3.49. The molecule has 4 heavy (non-hydrogen) atoms. The van der Waals surface area contributed by atoms with Crippen LogP contribution in [0.5, 0.6) is 0 Å². The van der Waals surface area contributed by atoms with Crippen molar-refractivity contribution in [1.82, 2.24) is 0 Å². The molecule has 0 saturated heterocycles. The molecule has 0 heterocycles. The Hall–Kier alpha value is 0.170. The van der Waals surface area contributed by atoms with E-state index >= 15 is 0 Å². The van der Waals surface area contributed by atoms with Gasteiger partial charge in [0.15, 0.2) is 0 Å². The molecule has 0 aromatic heterocycles. The van der Waals surface area contributed by atoms with Gasteiger partial charge in [-0.25, -0.2) is 0 Å². The van der Waals surface area contributed by atoms with E-state index in [2.05, 4.69) is 6.58 Å². The van der Waals surface area contributed by atoms with Crippen molar-refractivity contribution in [2.24, 2.45) is 0 Å². The minimum Gasteiger partial charge on any atom is -0.0995 e. The predicted molar refractivity (Wildman–Crippen MR) is 26.2 cm³/mol. The number of hydrogen-bond donors (Lipinski definition) is 0. The van der Waals surface area contributed by atoms with Crippen LogP contribution < -0.4 is 0 Å². The highest BCUT2D eigenvalue weighted by atomic mass is 31.0. The van der Waals surface area contributed by atoms with Crippen LogP contribution in [0.4, 0.5) is 0 Å². The molecule has 0 saturated carbocycles. The smallest absolute Gasteiger partial charge is 0.0702 e. The molecule has 0 nitrogen and oxygen atoms in total. The maximum Gasteiger partial charge on any atom is 0.0702 e. The van der Waals surface area contributed by atoms with Crippen molar-refractivity contribution >= 4 is 9.24 Å². The van der Waals surface area contributed by atoms with Crippen molar-refractivity contribution in [2.75, 3.05) is 6.16 Å². The van der Waals surface area contributed by atoms with Crippen LogP contribution in [-0.2, 0) is 0 Å². The summed E-state index contributed by atoms with van der Waals surface area (Å²) in [5, 5.41) is 0. The van der Waals surface area contributed by atoms with Crippen LogP contribution in [0.15, 0.2) is 12.7 Å². The molecule has 0 aliphatic rings. The lowest BCUT2D eigenvalue weighted by molar-refractivity contribution is 1.83. The van der Waals surface area contributed by atoms with Crippen molar-refractivity contribution in [3.8, 4) is 0 Å². The van der Waals surface area contributed by atoms with E-state index < -0.39 is 0 Å². The topological polar surface area (TPSA) is 0 Å². The van der Waals surface area contributed by atoms with Gasteiger partial charge in [-0.2, -0.15) is 0 Å². The molecule has 1 atom stereocenters. The van der Waals surface area contributed by atoms with E-state index in [1.165, 1.54) is 0 Å². The Morgan fingerprint density at radius 1 is 2.00 bits per heavy atom. The fourth-order valence-electron chi connectivity index (χ4n) is 0. The lowest BCUT2D eigenvalue weighted by atomic mass is 10.8. The summed E-state index contributed by atoms with van der Waals surface area (Å²) in [5.74, 6) is 0. The summed E-state index contributed by atoms with van der Waals surface area (Å²) in [5.41, 5.74) is 0. The van der Waals surface area contributed by atoms with E-state index in [4.69, 9.17) is 0 Å². The van der Waals surface area contributed by atoms with Gasteiger partial charge in [0.25, 0.3) is 0 Å². The molecule has 0 bridgehead atoms. The summed E-state index contributed by atoms with van der Waals surface area (Å²) in [6.07, 6.45) is 3.00. The van der Waals surface area contributed by atoms with Gasteiger partial charge in [0.1, 0.15) is 0 Å². The molecule has 0 radical (unpaired) electrons. The van der Waals surface area contributed by atoms with Gasteiger partial charge in [-0.05, 0) is 9.24 Å². The van der Waals surface area contributed by atoms with Crippen molar-refractivity contribution in [2.45, 2.75) is 0 Å². The van der Waals surface area contributed by atoms with Gasteiger partial charge in [0.05, 0.1) is 6.16 Å². The van der Waals surface area contributed by atoms with Crippen molar-refractivity contribution in [1.29, 1.82) is 0 Å². The van der Waals surface area contributed by atoms with Gasteiger partial charge in [0, 0.05) is 0 Å². The van der Waals surface area contributed by atoms with Crippen LogP contribution in [-0.4, -0.2) is 6.16 Å². The molecule has 0 aromatic carbocycles. The Morgan fingerprint density at radius 2 is 2.25 bits per heavy atom. The van der Waals surface area contributed by atoms with Crippen LogP contribution in [0.3, 0.4) is 0 Å². The maximum atomic E-state index is 3.49. The van der Waals surface area contributed by atoms with E-state index in [-0.39, 0.29) is 0 Å². The number of hydrogen-bond acceptors (Lipinski definition) is 0. The first kappa shape index (κ1) is 4.17. The van der Waals surface area contributed by atoms with Crippen molar-refractivity contribution in [3.63, 3.8) is 0 Å². The molecule has 0 N–H and O–H groups in total. The SMILES string of the molecule is C=CC[PH3+]. The van der Waals surface area contributed by atoms with Gasteiger partial charge in [-0.15, -0.1) is 0 Å². The average Bonchev–Trinajstić information content (AvgIpc) is 1.37. The molecule has 0 aromatic rings. The zero-order valence-corrected chi connectivity index (χ0v) is 4.11. The zero-order chi connectivity index (χ0) is 3.41. The molecule has 24 valence electrons. The molecule has 0 aliphatic heterocycles. The summed E-state index contributed by atoms with van der Waals surface area (Å²) in [4.78, 5) is 0. The lowest BCUT2D eigenvalue weighted by Gasteiger charge is -1.51. The standard InChI is InChI=1S/C3H7P/c1-2-3-4/h2H,1,3-4H2/p+1. The van der Waals surface area contributed by atoms with E-state index in [1.807, 2.05) is 15.3 Å². The second kappa shape index (κ2) is 3.17. The molecule has 0 aliphatic carbocycles. The van der Waals surface area contributed by atoms with Crippen molar-refractivity contribution in [3.05, 3.63) is 12.7 Å². The van der Waals surface area contributed by atoms with Crippen molar-refractivity contribution < 1.29 is 0 Å². The molecule has 0 spiro atoms. The quantitative estimate of drug-likeness (QED) is 0.319. The van der Waals surface area contributed by atoms with Gasteiger partial charge >= 0.3 is 0 Å². The Balaban J connectivity index is 2.30. The van der Waals surface area contributed by atoms with E-state index in [1.54, 1.807) is 0 Å². The van der Waals surface area contributed by atoms with Gasteiger partial charge < -0.3 is 0 Å². The zero-order valence-electron chi connectivity index (χ0n) is 2.70. The second-order valence-electron chi connectivity index (χ2n) is 0.577. The first-order chi connectivity index (χ1) is 1.91. The third-order valence-corrected chi connectivity index (χ3v) is 0.612. The summed E-state index contributed by atoms with van der Waals surface area (Å²) < 4.78 is 0. The Kier molecular flexibility index (Phi) is 3.30. The highest BCUT2D eigenvalue weighted by Crippen LogP contribution is 1.74. The minimum absolute atomic E-state index is 1.11. The number of allylic oxidation sites excluding steroid dienone is 1. The molecule has 0 amide bonds. The molecule has 0 fully saturated rings. The highest BCUT2D eigenvalue weighted by molar-refractivity contribution is 7.16. The first-order valence-electron chi connectivity index (χ1n) is 1.32. The van der Waals surface area contributed by atoms with Crippen LogP contribution in [0.1, 0.15) is 0 Å². The largest absolute Gasteiger partial charge is 0.0995 e. The summed E-state index contributed by atoms with van der Waals surface area (Å²) >= 11 is 0. The van der Waals surface area contributed by atoms with Gasteiger partial charge in [-0.3, -0.25) is 0 Å². The lowest BCUT2D eigenvalue weighted by Crippen LogP contribution is -1.43. The predicted octanol–water partition coefficient (Wildman–Crippen LogP) is 0.780. The summed E-state index contributed by atoms with van der Waals surface area (Å²) in [7, 11) is 1.90. The van der Waals surface area contributed by atoms with E-state index in [0.29, 0.717) is 0 Å². The molecule has 1 unspecified atom stereocenters. The second-order valence-corrected chi connectivity index (χ2v) is 1.15. The van der Waals surface area contributed by atoms with Gasteiger partial charge in [-0.1, -0.05) is 12.7 Å². The normalized spacial score (nSPS) is 7.00. The Morgan fingerprint density at radius 3 is 2.25 bits per heavy atom. The van der Waals surface area contributed by atoms with Crippen LogP contribution >= 0.6 is 9.24 Å².